The number of nitrogens with zero attached hydrogens (tertiary/aromatic N) is 2. The fraction of sp³-hybridized carbons (Fsp3) is 0.417. The van der Waals surface area contributed by atoms with Crippen LogP contribution in [0.25, 0.3) is 10.9 Å². The van der Waals surface area contributed by atoms with E-state index in [1.165, 1.54) is 18.3 Å². The van der Waals surface area contributed by atoms with Crippen LogP contribution in [0.15, 0.2) is 53.6 Å². The van der Waals surface area contributed by atoms with Crippen molar-refractivity contribution in [1.29, 1.82) is 0 Å². The molecule has 0 N–H and O–H groups in total. The first-order chi connectivity index (χ1) is 13.7. The summed E-state index contributed by atoms with van der Waals surface area (Å²) in [6.45, 7) is 6.18. The monoisotopic (exact) mass is 378 g/mol. The van der Waals surface area contributed by atoms with Gasteiger partial charge in [-0.05, 0) is 61.4 Å². The molecule has 0 aliphatic carbocycles. The van der Waals surface area contributed by atoms with Gasteiger partial charge in [0.2, 0.25) is 0 Å². The van der Waals surface area contributed by atoms with Gasteiger partial charge in [0.1, 0.15) is 5.82 Å². The summed E-state index contributed by atoms with van der Waals surface area (Å²) in [5, 5.41) is 1.11. The van der Waals surface area contributed by atoms with E-state index in [0.717, 1.165) is 54.6 Å². The van der Waals surface area contributed by atoms with Crippen LogP contribution in [0.5, 0.6) is 0 Å². The Kier molecular flexibility index (Phi) is 6.85. The second kappa shape index (κ2) is 9.54. The maximum Gasteiger partial charge on any atom is 0.305 e. The maximum absolute atomic E-state index is 11.7. The molecule has 0 spiro atoms. The summed E-state index contributed by atoms with van der Waals surface area (Å²) >= 11 is 0. The molecule has 2 aromatic rings. The number of rotatable bonds is 5. The van der Waals surface area contributed by atoms with Gasteiger partial charge in [-0.2, -0.15) is 0 Å². The zero-order chi connectivity index (χ0) is 19.9. The van der Waals surface area contributed by atoms with Gasteiger partial charge in [-0.25, -0.2) is 4.98 Å². The smallest absolute Gasteiger partial charge is 0.305 e. The molecule has 28 heavy (non-hydrogen) atoms. The van der Waals surface area contributed by atoms with Gasteiger partial charge in [0.05, 0.1) is 12.6 Å². The molecule has 0 unspecified atom stereocenters. The number of carbonyl (C=O) groups excluding carboxylic acids is 1. The highest BCUT2D eigenvalue weighted by molar-refractivity contribution is 5.84. The lowest BCUT2D eigenvalue weighted by molar-refractivity contribution is -0.140. The molecule has 0 radical (unpaired) electrons. The minimum absolute atomic E-state index is 0.178. The first-order valence-electron chi connectivity index (χ1n) is 10.2. The van der Waals surface area contributed by atoms with E-state index in [1.54, 1.807) is 0 Å². The number of ether oxygens (including phenoxy) is 1. The van der Waals surface area contributed by atoms with Crippen molar-refractivity contribution in [2.75, 3.05) is 25.1 Å². The Morgan fingerprint density at radius 1 is 1.29 bits per heavy atom. The van der Waals surface area contributed by atoms with Crippen LogP contribution in [0.1, 0.15) is 45.1 Å². The van der Waals surface area contributed by atoms with Gasteiger partial charge in [0, 0.05) is 24.9 Å². The summed E-state index contributed by atoms with van der Waals surface area (Å²) in [5.41, 5.74) is 5.00. The van der Waals surface area contributed by atoms with Gasteiger partial charge in [0.25, 0.3) is 0 Å². The van der Waals surface area contributed by atoms with E-state index >= 15 is 0 Å². The van der Waals surface area contributed by atoms with E-state index in [2.05, 4.69) is 49.1 Å². The van der Waals surface area contributed by atoms with Crippen LogP contribution in [-0.4, -0.2) is 31.2 Å². The average molecular weight is 379 g/mol. The molecule has 4 heteroatoms. The molecule has 1 fully saturated rings. The molecule has 1 aromatic heterocycles. The minimum Gasteiger partial charge on any atom is -0.469 e. The predicted molar refractivity (Wildman–Crippen MR) is 116 cm³/mol. The molecule has 0 bridgehead atoms. The lowest BCUT2D eigenvalue weighted by Gasteiger charge is -2.24. The van der Waals surface area contributed by atoms with Crippen molar-refractivity contribution in [2.45, 2.75) is 46.0 Å². The van der Waals surface area contributed by atoms with Crippen molar-refractivity contribution in [2.24, 2.45) is 0 Å². The number of hydrogen-bond donors (Lipinski definition) is 0. The molecule has 0 atom stereocenters. The highest BCUT2D eigenvalue weighted by Crippen LogP contribution is 2.29. The van der Waals surface area contributed by atoms with Crippen LogP contribution < -0.4 is 4.90 Å². The molecule has 4 nitrogen and oxygen atoms in total. The largest absolute Gasteiger partial charge is 0.469 e. The second-order valence-corrected chi connectivity index (χ2v) is 7.21. The highest BCUT2D eigenvalue weighted by atomic mass is 16.5. The number of carbonyl (C=O) groups is 1. The van der Waals surface area contributed by atoms with Crippen LogP contribution in [0.2, 0.25) is 0 Å². The second-order valence-electron chi connectivity index (χ2n) is 7.21. The van der Waals surface area contributed by atoms with Crippen molar-refractivity contribution in [3.8, 4) is 0 Å². The molecule has 148 valence electrons. The first-order valence-corrected chi connectivity index (χ1v) is 10.2. The van der Waals surface area contributed by atoms with Gasteiger partial charge in [0.15, 0.2) is 0 Å². The molecule has 1 aliphatic heterocycles. The molecule has 0 saturated carbocycles. The number of fused-ring (bicyclic) bond motifs is 1. The minimum atomic E-state index is -0.178. The van der Waals surface area contributed by atoms with E-state index in [1.807, 2.05) is 12.1 Å². The van der Waals surface area contributed by atoms with Gasteiger partial charge < -0.3 is 9.64 Å². The Hall–Kier alpha value is -2.62. The Morgan fingerprint density at radius 3 is 2.86 bits per heavy atom. The number of allylic oxidation sites excluding steroid dienone is 2. The van der Waals surface area contributed by atoms with Crippen molar-refractivity contribution in [3.63, 3.8) is 0 Å². The standard InChI is InChI=1S/C24H30N2O2/c1-4-9-19-10-8-15-26(17-18(19)5-2)23-16-20(13-14-24(27)28-3)21-11-6-7-12-22(21)25-23/h5-7,9,11-12,16H,4,8,10,13-15,17H2,1-3H3/b18-5-,19-9-. The Balaban J connectivity index is 1.96. The van der Waals surface area contributed by atoms with E-state index in [0.29, 0.717) is 12.8 Å². The van der Waals surface area contributed by atoms with Gasteiger partial charge in [-0.1, -0.05) is 37.3 Å². The van der Waals surface area contributed by atoms with Gasteiger partial charge in [-0.15, -0.1) is 0 Å². The summed E-state index contributed by atoms with van der Waals surface area (Å²) in [6.07, 6.45) is 8.94. The zero-order valence-electron chi connectivity index (χ0n) is 17.2. The summed E-state index contributed by atoms with van der Waals surface area (Å²) < 4.78 is 4.83. The van der Waals surface area contributed by atoms with Crippen molar-refractivity contribution in [1.82, 2.24) is 4.98 Å². The van der Waals surface area contributed by atoms with Crippen LogP contribution in [0.4, 0.5) is 5.82 Å². The molecular formula is C24H30N2O2. The summed E-state index contributed by atoms with van der Waals surface area (Å²) in [7, 11) is 1.44. The lowest BCUT2D eigenvalue weighted by atomic mass is 10.0. The lowest BCUT2D eigenvalue weighted by Crippen LogP contribution is -2.26. The van der Waals surface area contributed by atoms with Crippen molar-refractivity contribution in [3.05, 3.63) is 59.2 Å². The normalized spacial score (nSPS) is 17.9. The Morgan fingerprint density at radius 2 is 2.11 bits per heavy atom. The van der Waals surface area contributed by atoms with E-state index in [4.69, 9.17) is 9.72 Å². The summed E-state index contributed by atoms with van der Waals surface area (Å²) in [6, 6.07) is 10.3. The Labute approximate surface area is 167 Å². The fourth-order valence-corrected chi connectivity index (χ4v) is 3.90. The highest BCUT2D eigenvalue weighted by Gasteiger charge is 2.19. The molecule has 2 heterocycles. The molecule has 1 aromatic carbocycles. The van der Waals surface area contributed by atoms with Crippen molar-refractivity contribution >= 4 is 22.7 Å². The SMILES string of the molecule is C/C=C1/CN(c2cc(CCC(=O)OC)c3ccccc3n2)CCC/C1=C/CC. The number of hydrogen-bond acceptors (Lipinski definition) is 4. The molecule has 3 rings (SSSR count). The number of benzene rings is 1. The van der Waals surface area contributed by atoms with Crippen molar-refractivity contribution < 1.29 is 9.53 Å². The number of anilines is 1. The molecule has 1 aliphatic rings. The summed E-state index contributed by atoms with van der Waals surface area (Å²) in [4.78, 5) is 19.0. The fourth-order valence-electron chi connectivity index (χ4n) is 3.90. The number of para-hydroxylation sites is 1. The molecular weight excluding hydrogens is 348 g/mol. The predicted octanol–water partition coefficient (Wildman–Crippen LogP) is 5.22. The number of methoxy groups -OCH3 is 1. The van der Waals surface area contributed by atoms with Gasteiger partial charge in [-0.3, -0.25) is 4.79 Å². The number of pyridine rings is 1. The molecule has 0 amide bonds. The molecule has 1 saturated heterocycles. The van der Waals surface area contributed by atoms with Crippen LogP contribution >= 0.6 is 0 Å². The topological polar surface area (TPSA) is 42.4 Å². The quantitative estimate of drug-likeness (QED) is 0.669. The van der Waals surface area contributed by atoms with E-state index < -0.39 is 0 Å². The summed E-state index contributed by atoms with van der Waals surface area (Å²) in [5.74, 6) is 0.818. The van der Waals surface area contributed by atoms with E-state index in [9.17, 15) is 4.79 Å². The maximum atomic E-state index is 11.7. The van der Waals surface area contributed by atoms with Gasteiger partial charge >= 0.3 is 5.97 Å². The number of esters is 1. The zero-order valence-corrected chi connectivity index (χ0v) is 17.2. The third kappa shape index (κ3) is 4.61. The number of aromatic nitrogens is 1. The van der Waals surface area contributed by atoms with Crippen LogP contribution in [0.3, 0.4) is 0 Å². The number of aryl methyl sites for hydroxylation is 1. The van der Waals surface area contributed by atoms with Crippen LogP contribution in [0, 0.1) is 0 Å². The van der Waals surface area contributed by atoms with Crippen LogP contribution in [-0.2, 0) is 16.0 Å². The third-order valence-corrected chi connectivity index (χ3v) is 5.39. The Bertz CT molecular complexity index is 899. The van der Waals surface area contributed by atoms with E-state index in [-0.39, 0.29) is 5.97 Å². The first kappa shape index (κ1) is 20.1. The average Bonchev–Trinajstić information content (AvgIpc) is 2.94. The third-order valence-electron chi connectivity index (χ3n) is 5.39.